The van der Waals surface area contributed by atoms with Crippen molar-refractivity contribution in [3.05, 3.63) is 107 Å². The van der Waals surface area contributed by atoms with Gasteiger partial charge in [0.1, 0.15) is 11.5 Å². The number of aromatic nitrogens is 1. The Hall–Kier alpha value is -3.22. The average molecular weight is 567 g/mol. The number of hydrogen-bond donors (Lipinski definition) is 3. The van der Waals surface area contributed by atoms with Crippen LogP contribution in [0.15, 0.2) is 83.3 Å². The summed E-state index contributed by atoms with van der Waals surface area (Å²) in [7, 11) is -4.38. The van der Waals surface area contributed by atoms with Crippen LogP contribution in [0.4, 0.5) is 5.69 Å². The third-order valence-electron chi connectivity index (χ3n) is 7.07. The van der Waals surface area contributed by atoms with Gasteiger partial charge in [0.15, 0.2) is 5.89 Å². The molecular weight excluding hydrogens is 535 g/mol. The summed E-state index contributed by atoms with van der Waals surface area (Å²) in [4.78, 5) is 37.5. The van der Waals surface area contributed by atoms with Crippen LogP contribution in [-0.4, -0.2) is 20.7 Å². The van der Waals surface area contributed by atoms with Crippen molar-refractivity contribution in [3.63, 3.8) is 0 Å². The third-order valence-corrected chi connectivity index (χ3v) is 9.33. The largest absolute Gasteiger partial charge is 0.445 e. The molecule has 0 aliphatic heterocycles. The highest BCUT2D eigenvalue weighted by molar-refractivity contribution is 7.53. The summed E-state index contributed by atoms with van der Waals surface area (Å²) in [6, 6.07) is 23.9. The van der Waals surface area contributed by atoms with Gasteiger partial charge in [-0.2, -0.15) is 0 Å². The molecule has 3 aromatic carbocycles. The fourth-order valence-electron chi connectivity index (χ4n) is 4.80. The molecule has 0 spiro atoms. The van der Waals surface area contributed by atoms with Gasteiger partial charge in [-0.1, -0.05) is 80.0 Å². The van der Waals surface area contributed by atoms with Crippen LogP contribution in [0.25, 0.3) is 11.3 Å². The molecule has 0 atom stereocenters. The number of nitrogens with zero attached hydrogens (tertiary/aromatic N) is 1. The number of carbonyl (C=O) groups is 1. The van der Waals surface area contributed by atoms with Gasteiger partial charge in [-0.15, -0.1) is 0 Å². The first-order valence-corrected chi connectivity index (χ1v) is 14.9. The molecule has 39 heavy (non-hydrogen) atoms. The van der Waals surface area contributed by atoms with Gasteiger partial charge in [-0.3, -0.25) is 9.36 Å². The van der Waals surface area contributed by atoms with Crippen molar-refractivity contribution in [2.45, 2.75) is 51.1 Å². The van der Waals surface area contributed by atoms with Gasteiger partial charge < -0.3 is 19.5 Å². The van der Waals surface area contributed by atoms with Crippen molar-refractivity contribution in [3.8, 4) is 11.3 Å². The maximum absolute atomic E-state index is 12.8. The molecule has 0 bridgehead atoms. The van der Waals surface area contributed by atoms with E-state index in [-0.39, 0.29) is 12.3 Å². The normalized spacial score (nSPS) is 11.9. The average Bonchev–Trinajstić information content (AvgIpc) is 3.32. The number of oxazole rings is 1. The number of carbonyl (C=O) groups excluding carboxylic acids is 1. The standard InChI is InChI=1S/C30H32ClN2O5P/c1-3-30(4-2,39(35,36)37)23-12-16-25(17-13-23)32-27(34)19-18-26-29(22-10-14-24(31)15-11-22)33-28(38-26)20-21-8-6-5-7-9-21/h5-17H,3-4,18-20H2,1-2H3,(H,32,34)(H2,35,36,37). The highest BCUT2D eigenvalue weighted by Gasteiger charge is 2.45. The predicted molar refractivity (Wildman–Crippen MR) is 154 cm³/mol. The minimum Gasteiger partial charge on any atom is -0.445 e. The van der Waals surface area contributed by atoms with Gasteiger partial charge in [-0.05, 0) is 48.2 Å². The lowest BCUT2D eigenvalue weighted by atomic mass is 9.92. The highest BCUT2D eigenvalue weighted by Crippen LogP contribution is 2.60. The Balaban J connectivity index is 1.48. The molecule has 0 aliphatic carbocycles. The maximum Gasteiger partial charge on any atom is 0.335 e. The van der Waals surface area contributed by atoms with Gasteiger partial charge >= 0.3 is 7.60 Å². The van der Waals surface area contributed by atoms with E-state index in [1.807, 2.05) is 42.5 Å². The topological polar surface area (TPSA) is 113 Å². The fourth-order valence-corrected chi connectivity index (χ4v) is 6.24. The van der Waals surface area contributed by atoms with Crippen LogP contribution in [0.1, 0.15) is 55.9 Å². The zero-order valence-electron chi connectivity index (χ0n) is 21.9. The molecule has 0 fully saturated rings. The first-order valence-electron chi connectivity index (χ1n) is 12.9. The lowest BCUT2D eigenvalue weighted by Crippen LogP contribution is -2.24. The Morgan fingerprint density at radius 3 is 2.21 bits per heavy atom. The summed E-state index contributed by atoms with van der Waals surface area (Å²) in [5, 5.41) is 2.25. The van der Waals surface area contributed by atoms with Crippen molar-refractivity contribution in [1.82, 2.24) is 4.98 Å². The summed E-state index contributed by atoms with van der Waals surface area (Å²) >= 11 is 6.07. The second-order valence-corrected chi connectivity index (χ2v) is 11.8. The number of benzene rings is 3. The minimum absolute atomic E-state index is 0.165. The first kappa shape index (κ1) is 28.8. The number of anilines is 1. The number of aryl methyl sites for hydroxylation is 1. The molecule has 0 radical (unpaired) electrons. The molecule has 4 rings (SSSR count). The molecule has 0 unspecified atom stereocenters. The summed E-state index contributed by atoms with van der Waals surface area (Å²) in [5.74, 6) is 0.974. The van der Waals surface area contributed by atoms with Gasteiger partial charge in [0.25, 0.3) is 0 Å². The van der Waals surface area contributed by atoms with Crippen LogP contribution in [0.5, 0.6) is 0 Å². The van der Waals surface area contributed by atoms with E-state index in [4.69, 9.17) is 21.0 Å². The van der Waals surface area contributed by atoms with E-state index in [1.54, 1.807) is 50.2 Å². The van der Waals surface area contributed by atoms with E-state index in [9.17, 15) is 19.1 Å². The molecular formula is C30H32ClN2O5P. The quantitative estimate of drug-likeness (QED) is 0.164. The van der Waals surface area contributed by atoms with Crippen molar-refractivity contribution < 1.29 is 23.6 Å². The molecule has 3 N–H and O–H groups in total. The Kier molecular flexibility index (Phi) is 9.08. The monoisotopic (exact) mass is 566 g/mol. The molecule has 0 saturated carbocycles. The Morgan fingerprint density at radius 2 is 1.62 bits per heavy atom. The van der Waals surface area contributed by atoms with Gasteiger partial charge in [0, 0.05) is 35.5 Å². The molecule has 4 aromatic rings. The van der Waals surface area contributed by atoms with Crippen LogP contribution in [0.2, 0.25) is 5.02 Å². The SMILES string of the molecule is CCC(CC)(c1ccc(NC(=O)CCc2oc(Cc3ccccc3)nc2-c2ccc(Cl)cc2)cc1)P(=O)(O)O. The summed E-state index contributed by atoms with van der Waals surface area (Å²) < 4.78 is 18.4. The molecule has 0 saturated heterocycles. The van der Waals surface area contributed by atoms with Crippen LogP contribution in [0, 0.1) is 0 Å². The lowest BCUT2D eigenvalue weighted by molar-refractivity contribution is -0.116. The molecule has 1 amide bonds. The van der Waals surface area contributed by atoms with Crippen LogP contribution >= 0.6 is 19.2 Å². The van der Waals surface area contributed by atoms with E-state index >= 15 is 0 Å². The van der Waals surface area contributed by atoms with Crippen molar-refractivity contribution in [2.24, 2.45) is 0 Å². The number of hydrogen-bond acceptors (Lipinski definition) is 4. The Labute approximate surface area is 233 Å². The molecule has 1 heterocycles. The van der Waals surface area contributed by atoms with Crippen molar-refractivity contribution in [2.75, 3.05) is 5.32 Å². The van der Waals surface area contributed by atoms with Gasteiger partial charge in [-0.25, -0.2) is 4.98 Å². The van der Waals surface area contributed by atoms with Crippen LogP contribution < -0.4 is 5.32 Å². The van der Waals surface area contributed by atoms with Crippen LogP contribution in [-0.2, 0) is 27.4 Å². The summed E-state index contributed by atoms with van der Waals surface area (Å²) in [6.07, 6.45) is 1.65. The number of amides is 1. The lowest BCUT2D eigenvalue weighted by Gasteiger charge is -2.33. The first-order chi connectivity index (χ1) is 18.6. The molecule has 0 aliphatic rings. The summed E-state index contributed by atoms with van der Waals surface area (Å²) in [6.45, 7) is 3.54. The molecule has 9 heteroatoms. The minimum atomic E-state index is -4.38. The second-order valence-electron chi connectivity index (χ2n) is 9.46. The van der Waals surface area contributed by atoms with Crippen molar-refractivity contribution >= 4 is 30.8 Å². The smallest absolute Gasteiger partial charge is 0.335 e. The fraction of sp³-hybridized carbons (Fsp3) is 0.267. The predicted octanol–water partition coefficient (Wildman–Crippen LogP) is 7.35. The zero-order chi connectivity index (χ0) is 28.0. The molecule has 204 valence electrons. The zero-order valence-corrected chi connectivity index (χ0v) is 23.6. The third kappa shape index (κ3) is 6.68. The number of halogens is 1. The van der Waals surface area contributed by atoms with E-state index < -0.39 is 12.8 Å². The van der Waals surface area contributed by atoms with Gasteiger partial charge in [0.2, 0.25) is 5.91 Å². The van der Waals surface area contributed by atoms with Crippen molar-refractivity contribution in [1.29, 1.82) is 0 Å². The van der Waals surface area contributed by atoms with E-state index in [0.717, 1.165) is 11.1 Å². The summed E-state index contributed by atoms with van der Waals surface area (Å²) in [5.41, 5.74) is 3.72. The van der Waals surface area contributed by atoms with E-state index in [1.165, 1.54) is 0 Å². The second kappa shape index (κ2) is 12.3. The van der Waals surface area contributed by atoms with Gasteiger partial charge in [0.05, 0.1) is 5.16 Å². The highest BCUT2D eigenvalue weighted by atomic mass is 35.5. The maximum atomic E-state index is 12.8. The Morgan fingerprint density at radius 1 is 0.974 bits per heavy atom. The molecule has 1 aromatic heterocycles. The number of rotatable bonds is 11. The van der Waals surface area contributed by atoms with E-state index in [0.29, 0.717) is 59.3 Å². The molecule has 7 nitrogen and oxygen atoms in total. The Bertz CT molecular complexity index is 1440. The number of nitrogens with one attached hydrogen (secondary N) is 1. The van der Waals surface area contributed by atoms with E-state index in [2.05, 4.69) is 5.32 Å². The van der Waals surface area contributed by atoms with Crippen LogP contribution in [0.3, 0.4) is 0 Å².